The van der Waals surface area contributed by atoms with Crippen LogP contribution in [0.3, 0.4) is 0 Å². The molecule has 3 aromatic rings. The zero-order valence-electron chi connectivity index (χ0n) is 20.7. The molecule has 0 radical (unpaired) electrons. The average molecular weight is 489 g/mol. The molecule has 2 aromatic carbocycles. The first-order valence-corrected chi connectivity index (χ1v) is 12.4. The van der Waals surface area contributed by atoms with Gasteiger partial charge in [-0.1, -0.05) is 48.5 Å². The van der Waals surface area contributed by atoms with Crippen molar-refractivity contribution in [3.63, 3.8) is 0 Å². The number of carbonyl (C=O) groups excluding carboxylic acids is 1. The van der Waals surface area contributed by atoms with E-state index in [1.165, 1.54) is 0 Å². The molecule has 0 N–H and O–H groups in total. The predicted molar refractivity (Wildman–Crippen MR) is 136 cm³/mol. The molecule has 0 aliphatic carbocycles. The summed E-state index contributed by atoms with van der Waals surface area (Å²) in [6.45, 7) is 4.46. The van der Waals surface area contributed by atoms with Gasteiger partial charge in [-0.2, -0.15) is 0 Å². The smallest absolute Gasteiger partial charge is 0.248 e. The lowest BCUT2D eigenvalue weighted by molar-refractivity contribution is -0.137. The van der Waals surface area contributed by atoms with Gasteiger partial charge < -0.3 is 24.0 Å². The lowest BCUT2D eigenvalue weighted by Gasteiger charge is -2.34. The monoisotopic (exact) mass is 488 g/mol. The van der Waals surface area contributed by atoms with Gasteiger partial charge in [-0.3, -0.25) is 4.79 Å². The highest BCUT2D eigenvalue weighted by molar-refractivity contribution is 5.78. The maximum absolute atomic E-state index is 13.0. The van der Waals surface area contributed by atoms with Crippen molar-refractivity contribution < 1.29 is 19.0 Å². The highest BCUT2D eigenvalue weighted by Crippen LogP contribution is 2.29. The van der Waals surface area contributed by atoms with Crippen LogP contribution in [0.1, 0.15) is 28.2 Å². The predicted octanol–water partition coefficient (Wildman–Crippen LogP) is 3.01. The number of methoxy groups -OCH3 is 1. The molecule has 1 aromatic heterocycles. The van der Waals surface area contributed by atoms with Gasteiger partial charge in [0.2, 0.25) is 5.91 Å². The van der Waals surface area contributed by atoms with Crippen molar-refractivity contribution in [2.24, 2.45) is 0 Å². The van der Waals surface area contributed by atoms with Gasteiger partial charge >= 0.3 is 0 Å². The Morgan fingerprint density at radius 3 is 2.58 bits per heavy atom. The Kier molecular flexibility index (Phi) is 7.73. The lowest BCUT2D eigenvalue weighted by Crippen LogP contribution is -2.42. The number of hydrogen-bond acceptors (Lipinski definition) is 7. The molecule has 1 amide bonds. The summed E-state index contributed by atoms with van der Waals surface area (Å²) < 4.78 is 16.8. The van der Waals surface area contributed by atoms with Crippen LogP contribution in [-0.4, -0.2) is 67.3 Å². The molecule has 0 atom stereocenters. The van der Waals surface area contributed by atoms with Crippen molar-refractivity contribution in [2.45, 2.75) is 26.0 Å². The molecule has 36 heavy (non-hydrogen) atoms. The average Bonchev–Trinajstić information content (AvgIpc) is 2.93. The Hall–Kier alpha value is -3.49. The summed E-state index contributed by atoms with van der Waals surface area (Å²) in [6, 6.07) is 17.9. The fourth-order valence-corrected chi connectivity index (χ4v) is 4.72. The molecular weight excluding hydrogens is 456 g/mol. The van der Waals surface area contributed by atoms with Gasteiger partial charge in [0.05, 0.1) is 39.2 Å². The van der Waals surface area contributed by atoms with Crippen LogP contribution >= 0.6 is 0 Å². The topological polar surface area (TPSA) is 77.0 Å². The van der Waals surface area contributed by atoms with Crippen molar-refractivity contribution in [1.29, 1.82) is 0 Å². The van der Waals surface area contributed by atoms with E-state index in [1.807, 2.05) is 59.5 Å². The molecule has 8 nitrogen and oxygen atoms in total. The van der Waals surface area contributed by atoms with Gasteiger partial charge in [0.15, 0.2) is 0 Å². The third-order valence-electron chi connectivity index (χ3n) is 6.63. The number of carbonyl (C=O) groups is 1. The van der Waals surface area contributed by atoms with E-state index < -0.39 is 0 Å². The molecule has 188 valence electrons. The number of fused-ring (bicyclic) bond motifs is 1. The van der Waals surface area contributed by atoms with Crippen molar-refractivity contribution in [3.8, 4) is 5.75 Å². The molecule has 1 fully saturated rings. The van der Waals surface area contributed by atoms with Crippen molar-refractivity contribution >= 4 is 11.7 Å². The number of morpholine rings is 1. The second kappa shape index (κ2) is 11.5. The van der Waals surface area contributed by atoms with Crippen LogP contribution in [0, 0.1) is 0 Å². The molecule has 0 spiro atoms. The molecule has 0 saturated carbocycles. The lowest BCUT2D eigenvalue weighted by atomic mass is 10.0. The first kappa shape index (κ1) is 24.2. The van der Waals surface area contributed by atoms with E-state index >= 15 is 0 Å². The van der Waals surface area contributed by atoms with E-state index in [0.717, 1.165) is 52.9 Å². The van der Waals surface area contributed by atoms with E-state index in [-0.39, 0.29) is 12.5 Å². The second-order valence-electron chi connectivity index (χ2n) is 9.02. The van der Waals surface area contributed by atoms with Gasteiger partial charge in [-0.05, 0) is 11.6 Å². The van der Waals surface area contributed by atoms with Gasteiger partial charge in [-0.15, -0.1) is 0 Å². The number of aromatic nitrogens is 2. The van der Waals surface area contributed by atoms with Crippen LogP contribution in [0.25, 0.3) is 0 Å². The van der Waals surface area contributed by atoms with E-state index in [9.17, 15) is 4.79 Å². The fraction of sp³-hybridized carbons (Fsp3) is 0.393. The highest BCUT2D eigenvalue weighted by Gasteiger charge is 2.28. The minimum Gasteiger partial charge on any atom is -0.496 e. The Morgan fingerprint density at radius 1 is 1.00 bits per heavy atom. The molecule has 0 unspecified atom stereocenters. The van der Waals surface area contributed by atoms with Crippen LogP contribution in [0.5, 0.6) is 5.75 Å². The first-order valence-electron chi connectivity index (χ1n) is 12.4. The largest absolute Gasteiger partial charge is 0.496 e. The Bertz CT molecular complexity index is 1180. The summed E-state index contributed by atoms with van der Waals surface area (Å²) in [4.78, 5) is 27.0. The summed E-state index contributed by atoms with van der Waals surface area (Å²) >= 11 is 0. The number of anilines is 1. The van der Waals surface area contributed by atoms with Crippen LogP contribution < -0.4 is 9.64 Å². The number of nitrogens with zero attached hydrogens (tertiary/aromatic N) is 4. The van der Waals surface area contributed by atoms with Gasteiger partial charge in [0.1, 0.15) is 24.0 Å². The van der Waals surface area contributed by atoms with E-state index in [0.29, 0.717) is 45.8 Å². The first-order chi connectivity index (χ1) is 17.7. The summed E-state index contributed by atoms with van der Waals surface area (Å²) in [7, 11) is 1.68. The summed E-state index contributed by atoms with van der Waals surface area (Å²) in [5.74, 6) is 2.50. The van der Waals surface area contributed by atoms with E-state index in [2.05, 4.69) is 4.90 Å². The molecule has 5 rings (SSSR count). The molecule has 8 heteroatoms. The highest BCUT2D eigenvalue weighted by atomic mass is 16.5. The molecular formula is C28H32N4O4. The maximum Gasteiger partial charge on any atom is 0.248 e. The zero-order chi connectivity index (χ0) is 24.7. The number of ether oxygens (including phenoxy) is 3. The Labute approximate surface area is 211 Å². The van der Waals surface area contributed by atoms with Crippen molar-refractivity contribution in [3.05, 3.63) is 82.8 Å². The maximum atomic E-state index is 13.0. The number of benzene rings is 2. The van der Waals surface area contributed by atoms with E-state index in [1.54, 1.807) is 7.11 Å². The van der Waals surface area contributed by atoms with Gasteiger partial charge in [-0.25, -0.2) is 9.97 Å². The summed E-state index contributed by atoms with van der Waals surface area (Å²) in [5.41, 5.74) is 4.16. The van der Waals surface area contributed by atoms with E-state index in [4.69, 9.17) is 24.2 Å². The number of hydrogen-bond donors (Lipinski definition) is 0. The third kappa shape index (κ3) is 5.66. The quantitative estimate of drug-likeness (QED) is 0.482. The number of amides is 1. The molecule has 1 saturated heterocycles. The van der Waals surface area contributed by atoms with Crippen LogP contribution in [0.15, 0.2) is 54.6 Å². The molecule has 2 aliphatic heterocycles. The zero-order valence-corrected chi connectivity index (χ0v) is 20.7. The fourth-order valence-electron chi connectivity index (χ4n) is 4.72. The van der Waals surface area contributed by atoms with Crippen LogP contribution in [0.2, 0.25) is 0 Å². The Morgan fingerprint density at radius 2 is 1.78 bits per heavy atom. The van der Waals surface area contributed by atoms with Crippen LogP contribution in [0.4, 0.5) is 5.82 Å². The van der Waals surface area contributed by atoms with Gasteiger partial charge in [0, 0.05) is 43.6 Å². The molecule has 0 bridgehead atoms. The number of rotatable bonds is 8. The standard InChI is InChI=1S/C28H32N4O4/c1-34-25-10-6-5-9-22(25)17-26-29-24-11-12-32(27(33)20-36-19-21-7-3-2-4-8-21)18-23(24)28(30-26)31-13-15-35-16-14-31/h2-10H,11-20H2,1H3. The van der Waals surface area contributed by atoms with Crippen LogP contribution in [-0.2, 0) is 40.3 Å². The SMILES string of the molecule is COc1ccccc1Cc1nc2c(c(N3CCOCC3)n1)CN(C(=O)COCc1ccccc1)CC2. The summed E-state index contributed by atoms with van der Waals surface area (Å²) in [5, 5.41) is 0. The Balaban J connectivity index is 1.34. The third-order valence-corrected chi connectivity index (χ3v) is 6.63. The summed E-state index contributed by atoms with van der Waals surface area (Å²) in [6.07, 6.45) is 1.28. The van der Waals surface area contributed by atoms with Crippen molar-refractivity contribution in [1.82, 2.24) is 14.9 Å². The number of para-hydroxylation sites is 1. The minimum absolute atomic E-state index is 0.0115. The molecule has 3 heterocycles. The van der Waals surface area contributed by atoms with Crippen molar-refractivity contribution in [2.75, 3.05) is 51.5 Å². The van der Waals surface area contributed by atoms with Gasteiger partial charge in [0.25, 0.3) is 0 Å². The normalized spacial score (nSPS) is 15.5. The minimum atomic E-state index is -0.0115. The second-order valence-corrected chi connectivity index (χ2v) is 9.02. The molecule has 2 aliphatic rings.